The van der Waals surface area contributed by atoms with Crippen molar-refractivity contribution in [3.05, 3.63) is 18.0 Å². The molecule has 140 valence electrons. The molecule has 1 rings (SSSR count). The van der Waals surface area contributed by atoms with Crippen molar-refractivity contribution >= 4 is 29.9 Å². The van der Waals surface area contributed by atoms with Gasteiger partial charge in [-0.3, -0.25) is 4.68 Å². The third kappa shape index (κ3) is 8.86. The Balaban J connectivity index is 0.00000529. The summed E-state index contributed by atoms with van der Waals surface area (Å²) in [7, 11) is 1.95. The van der Waals surface area contributed by atoms with E-state index < -0.39 is 0 Å². The van der Waals surface area contributed by atoms with Gasteiger partial charge in [-0.05, 0) is 52.4 Å². The first-order valence-corrected chi connectivity index (χ1v) is 8.84. The highest BCUT2D eigenvalue weighted by Gasteiger charge is 2.07. The predicted molar refractivity (Wildman–Crippen MR) is 113 cm³/mol. The minimum Gasteiger partial charge on any atom is -0.357 e. The first kappa shape index (κ1) is 23.2. The fourth-order valence-electron chi connectivity index (χ4n) is 2.50. The summed E-state index contributed by atoms with van der Waals surface area (Å²) in [5.74, 6) is 0.879. The number of nitrogens with one attached hydrogen (secondary N) is 2. The number of guanidine groups is 1. The molecule has 0 radical (unpaired) electrons. The van der Waals surface area contributed by atoms with Crippen molar-refractivity contribution < 1.29 is 0 Å². The molecular formula is C17H35IN6. The zero-order chi connectivity index (χ0) is 17.1. The van der Waals surface area contributed by atoms with E-state index in [9.17, 15) is 0 Å². The molecule has 1 aromatic rings. The average Bonchev–Trinajstić information content (AvgIpc) is 2.94. The lowest BCUT2D eigenvalue weighted by Gasteiger charge is -2.21. The maximum Gasteiger partial charge on any atom is 0.191 e. The predicted octanol–water partition coefficient (Wildman–Crippen LogP) is 2.60. The van der Waals surface area contributed by atoms with Gasteiger partial charge in [0, 0.05) is 25.8 Å². The van der Waals surface area contributed by atoms with Crippen molar-refractivity contribution in [2.45, 2.75) is 53.1 Å². The van der Waals surface area contributed by atoms with Crippen molar-refractivity contribution in [3.8, 4) is 0 Å². The van der Waals surface area contributed by atoms with E-state index >= 15 is 0 Å². The van der Waals surface area contributed by atoms with Gasteiger partial charge in [-0.1, -0.05) is 13.8 Å². The second-order valence-corrected chi connectivity index (χ2v) is 5.86. The van der Waals surface area contributed by atoms with Crippen LogP contribution < -0.4 is 10.6 Å². The van der Waals surface area contributed by atoms with Crippen molar-refractivity contribution in [2.75, 3.05) is 26.2 Å². The number of rotatable bonds is 10. The molecule has 1 heterocycles. The second kappa shape index (κ2) is 13.5. The van der Waals surface area contributed by atoms with Gasteiger partial charge < -0.3 is 15.5 Å². The molecule has 24 heavy (non-hydrogen) atoms. The molecule has 0 aliphatic heterocycles. The summed E-state index contributed by atoms with van der Waals surface area (Å²) in [6.45, 7) is 13.7. The van der Waals surface area contributed by atoms with Crippen LogP contribution in [0.25, 0.3) is 0 Å². The highest BCUT2D eigenvalue weighted by Crippen LogP contribution is 2.01. The van der Waals surface area contributed by atoms with E-state index in [1.807, 2.05) is 17.8 Å². The first-order valence-electron chi connectivity index (χ1n) is 8.84. The molecule has 1 aromatic heterocycles. The summed E-state index contributed by atoms with van der Waals surface area (Å²) in [5.41, 5.74) is 1.11. The van der Waals surface area contributed by atoms with Crippen LogP contribution >= 0.6 is 24.0 Å². The molecule has 0 saturated carbocycles. The third-order valence-corrected chi connectivity index (χ3v) is 4.05. The summed E-state index contributed by atoms with van der Waals surface area (Å²) >= 11 is 0. The number of halogens is 1. The monoisotopic (exact) mass is 450 g/mol. The minimum absolute atomic E-state index is 0. The fourth-order valence-corrected chi connectivity index (χ4v) is 2.50. The Morgan fingerprint density at radius 3 is 2.58 bits per heavy atom. The van der Waals surface area contributed by atoms with E-state index in [4.69, 9.17) is 0 Å². The van der Waals surface area contributed by atoms with E-state index in [0.717, 1.165) is 37.7 Å². The van der Waals surface area contributed by atoms with Crippen LogP contribution in [0.3, 0.4) is 0 Å². The maximum absolute atomic E-state index is 4.66. The molecule has 0 aliphatic rings. The summed E-state index contributed by atoms with van der Waals surface area (Å²) < 4.78 is 1.86. The largest absolute Gasteiger partial charge is 0.357 e. The van der Waals surface area contributed by atoms with Crippen LogP contribution in [-0.4, -0.2) is 52.9 Å². The minimum atomic E-state index is 0. The normalized spacial score (nSPS) is 12.8. The molecule has 0 fully saturated rings. The molecule has 6 nitrogen and oxygen atoms in total. The Morgan fingerprint density at radius 1 is 1.33 bits per heavy atom. The molecule has 0 aromatic carbocycles. The van der Waals surface area contributed by atoms with Crippen LogP contribution in [0.2, 0.25) is 0 Å². The molecule has 1 unspecified atom stereocenters. The highest BCUT2D eigenvalue weighted by molar-refractivity contribution is 14.0. The molecule has 7 heteroatoms. The van der Waals surface area contributed by atoms with E-state index in [-0.39, 0.29) is 24.0 Å². The van der Waals surface area contributed by atoms with E-state index in [1.165, 1.54) is 13.0 Å². The molecule has 0 bridgehead atoms. The topological polar surface area (TPSA) is 57.5 Å². The number of nitrogens with zero attached hydrogens (tertiary/aromatic N) is 4. The molecule has 2 N–H and O–H groups in total. The number of aliphatic imine (C=N–C) groups is 1. The maximum atomic E-state index is 4.66. The smallest absolute Gasteiger partial charge is 0.191 e. The van der Waals surface area contributed by atoms with Crippen LogP contribution in [0, 0.1) is 0 Å². The molecule has 0 saturated heterocycles. The summed E-state index contributed by atoms with van der Waals surface area (Å²) in [4.78, 5) is 7.12. The van der Waals surface area contributed by atoms with E-state index in [0.29, 0.717) is 12.6 Å². The Morgan fingerprint density at radius 2 is 2.04 bits per heavy atom. The summed E-state index contributed by atoms with van der Waals surface area (Å²) in [6.07, 6.45) is 4.16. The lowest BCUT2D eigenvalue weighted by Crippen LogP contribution is -2.42. The van der Waals surface area contributed by atoms with Crippen molar-refractivity contribution in [3.63, 3.8) is 0 Å². The number of aromatic nitrogens is 2. The molecule has 1 atom stereocenters. The van der Waals surface area contributed by atoms with Gasteiger partial charge in [-0.25, -0.2) is 4.99 Å². The van der Waals surface area contributed by atoms with Crippen LogP contribution in [0.4, 0.5) is 0 Å². The summed E-state index contributed by atoms with van der Waals surface area (Å²) in [5, 5.41) is 11.0. The zero-order valence-electron chi connectivity index (χ0n) is 15.9. The standard InChI is InChI=1S/C17H34N6.HI/c1-6-18-17(19-14-16-11-12-20-22(16)5)21-15(4)10-9-13-23(7-2)8-3;/h11-12,15H,6-10,13-14H2,1-5H3,(H2,18,19,21);1H. The van der Waals surface area contributed by atoms with Crippen LogP contribution in [0.1, 0.15) is 46.2 Å². The molecule has 0 spiro atoms. The van der Waals surface area contributed by atoms with Crippen molar-refractivity contribution in [1.29, 1.82) is 0 Å². The number of aryl methyl sites for hydroxylation is 1. The number of hydrogen-bond donors (Lipinski definition) is 2. The van der Waals surface area contributed by atoms with Gasteiger partial charge in [0.1, 0.15) is 0 Å². The van der Waals surface area contributed by atoms with Gasteiger partial charge in [0.2, 0.25) is 0 Å². The van der Waals surface area contributed by atoms with Gasteiger partial charge in [-0.2, -0.15) is 5.10 Å². The lowest BCUT2D eigenvalue weighted by molar-refractivity contribution is 0.292. The van der Waals surface area contributed by atoms with Crippen LogP contribution in [0.15, 0.2) is 17.3 Å². The lowest BCUT2D eigenvalue weighted by atomic mass is 10.2. The molecular weight excluding hydrogens is 415 g/mol. The Kier molecular flexibility index (Phi) is 13.0. The molecule has 0 amide bonds. The zero-order valence-corrected chi connectivity index (χ0v) is 18.2. The Labute approximate surface area is 164 Å². The number of hydrogen-bond acceptors (Lipinski definition) is 3. The van der Waals surface area contributed by atoms with E-state index in [2.05, 4.69) is 53.3 Å². The van der Waals surface area contributed by atoms with Gasteiger partial charge in [-0.15, -0.1) is 24.0 Å². The molecule has 0 aliphatic carbocycles. The van der Waals surface area contributed by atoms with Gasteiger partial charge in [0.15, 0.2) is 5.96 Å². The average molecular weight is 450 g/mol. The second-order valence-electron chi connectivity index (χ2n) is 5.86. The van der Waals surface area contributed by atoms with Gasteiger partial charge >= 0.3 is 0 Å². The Hall–Kier alpha value is -0.830. The van der Waals surface area contributed by atoms with E-state index in [1.54, 1.807) is 6.20 Å². The summed E-state index contributed by atoms with van der Waals surface area (Å²) in [6, 6.07) is 2.41. The first-order chi connectivity index (χ1) is 11.1. The quantitative estimate of drug-likeness (QED) is 0.327. The van der Waals surface area contributed by atoms with Crippen LogP contribution in [-0.2, 0) is 13.6 Å². The fraction of sp³-hybridized carbons (Fsp3) is 0.765. The van der Waals surface area contributed by atoms with Crippen molar-refractivity contribution in [2.24, 2.45) is 12.0 Å². The third-order valence-electron chi connectivity index (χ3n) is 4.05. The SMILES string of the molecule is CCNC(=NCc1ccnn1C)NC(C)CCCN(CC)CC.I. The Bertz CT molecular complexity index is 456. The van der Waals surface area contributed by atoms with Crippen LogP contribution in [0.5, 0.6) is 0 Å². The van der Waals surface area contributed by atoms with Crippen molar-refractivity contribution in [1.82, 2.24) is 25.3 Å². The highest BCUT2D eigenvalue weighted by atomic mass is 127. The van der Waals surface area contributed by atoms with Gasteiger partial charge in [0.25, 0.3) is 0 Å². The van der Waals surface area contributed by atoms with Gasteiger partial charge in [0.05, 0.1) is 12.2 Å².